The van der Waals surface area contributed by atoms with Crippen molar-refractivity contribution in [1.29, 1.82) is 0 Å². The largest absolute Gasteiger partial charge is 0.386 e. The van der Waals surface area contributed by atoms with E-state index in [9.17, 15) is 9.90 Å². The Morgan fingerprint density at radius 3 is 2.74 bits per heavy atom. The number of rotatable bonds is 7. The molecule has 1 aliphatic rings. The highest BCUT2D eigenvalue weighted by molar-refractivity contribution is 5.79. The second kappa shape index (κ2) is 7.09. The van der Waals surface area contributed by atoms with Crippen molar-refractivity contribution in [3.05, 3.63) is 12.2 Å². The zero-order chi connectivity index (χ0) is 14.5. The van der Waals surface area contributed by atoms with E-state index in [0.29, 0.717) is 6.42 Å². The van der Waals surface area contributed by atoms with E-state index in [1.807, 2.05) is 37.8 Å². The number of aliphatic hydroxyl groups is 1. The molecule has 0 radical (unpaired) electrons. The van der Waals surface area contributed by atoms with Crippen molar-refractivity contribution in [3.63, 3.8) is 0 Å². The molecule has 0 spiro atoms. The van der Waals surface area contributed by atoms with E-state index in [1.54, 1.807) is 0 Å². The number of nitrogens with zero attached hydrogens (tertiary/aromatic N) is 1. The predicted molar refractivity (Wildman–Crippen MR) is 78.9 cm³/mol. The first-order chi connectivity index (χ1) is 8.87. The summed E-state index contributed by atoms with van der Waals surface area (Å²) in [5, 5.41) is 10.3. The summed E-state index contributed by atoms with van der Waals surface area (Å²) in [6.07, 6.45) is 9.58. The summed E-state index contributed by atoms with van der Waals surface area (Å²) < 4.78 is 0. The van der Waals surface area contributed by atoms with E-state index < -0.39 is 5.60 Å². The van der Waals surface area contributed by atoms with Crippen LogP contribution in [0.3, 0.4) is 0 Å². The SMILES string of the molecule is CCCCCC(C)(O)C=CC1CCC(=O)N1C(C)C. The summed E-state index contributed by atoms with van der Waals surface area (Å²) in [5.74, 6) is 0.232. The van der Waals surface area contributed by atoms with Gasteiger partial charge in [-0.25, -0.2) is 0 Å². The number of carbonyl (C=O) groups excluding carboxylic acids is 1. The lowest BCUT2D eigenvalue weighted by atomic mass is 9.96. The Bertz CT molecular complexity index is 321. The van der Waals surface area contributed by atoms with Gasteiger partial charge in [0.05, 0.1) is 11.6 Å². The first-order valence-electron chi connectivity index (χ1n) is 7.60. The van der Waals surface area contributed by atoms with Gasteiger partial charge in [-0.3, -0.25) is 4.79 Å². The summed E-state index contributed by atoms with van der Waals surface area (Å²) in [6.45, 7) is 8.11. The zero-order valence-electron chi connectivity index (χ0n) is 12.9. The molecule has 19 heavy (non-hydrogen) atoms. The maximum Gasteiger partial charge on any atom is 0.223 e. The molecule has 3 heteroatoms. The Morgan fingerprint density at radius 2 is 2.16 bits per heavy atom. The average molecular weight is 267 g/mol. The van der Waals surface area contributed by atoms with Gasteiger partial charge in [0.1, 0.15) is 0 Å². The molecule has 0 aromatic rings. The van der Waals surface area contributed by atoms with Gasteiger partial charge in [-0.2, -0.15) is 0 Å². The third kappa shape index (κ3) is 4.98. The highest BCUT2D eigenvalue weighted by atomic mass is 16.3. The molecule has 1 aliphatic heterocycles. The normalized spacial score (nSPS) is 23.6. The van der Waals surface area contributed by atoms with Crippen LogP contribution < -0.4 is 0 Å². The molecule has 0 aromatic heterocycles. The zero-order valence-corrected chi connectivity index (χ0v) is 12.9. The lowest BCUT2D eigenvalue weighted by Crippen LogP contribution is -2.38. The van der Waals surface area contributed by atoms with E-state index >= 15 is 0 Å². The quantitative estimate of drug-likeness (QED) is 0.568. The second-order valence-corrected chi connectivity index (χ2v) is 6.17. The van der Waals surface area contributed by atoms with Crippen molar-refractivity contribution in [2.24, 2.45) is 0 Å². The maximum absolute atomic E-state index is 11.8. The summed E-state index contributed by atoms with van der Waals surface area (Å²) in [5.41, 5.74) is -0.747. The van der Waals surface area contributed by atoms with Gasteiger partial charge in [-0.1, -0.05) is 38.3 Å². The van der Waals surface area contributed by atoms with Gasteiger partial charge in [0.15, 0.2) is 0 Å². The Labute approximate surface area is 117 Å². The van der Waals surface area contributed by atoms with E-state index in [4.69, 9.17) is 0 Å². The topological polar surface area (TPSA) is 40.5 Å². The van der Waals surface area contributed by atoms with Gasteiger partial charge in [-0.05, 0) is 33.6 Å². The summed E-state index contributed by atoms with van der Waals surface area (Å²) in [7, 11) is 0. The van der Waals surface area contributed by atoms with Gasteiger partial charge >= 0.3 is 0 Å². The number of amides is 1. The van der Waals surface area contributed by atoms with E-state index in [2.05, 4.69) is 6.92 Å². The molecule has 0 aromatic carbocycles. The minimum atomic E-state index is -0.747. The Kier molecular flexibility index (Phi) is 6.05. The summed E-state index contributed by atoms with van der Waals surface area (Å²) in [4.78, 5) is 13.7. The number of hydrogen-bond acceptors (Lipinski definition) is 2. The molecule has 1 amide bonds. The van der Waals surface area contributed by atoms with Crippen LogP contribution in [0.15, 0.2) is 12.2 Å². The summed E-state index contributed by atoms with van der Waals surface area (Å²) in [6, 6.07) is 0.389. The number of likely N-dealkylation sites (tertiary alicyclic amines) is 1. The monoisotopic (exact) mass is 267 g/mol. The first kappa shape index (κ1) is 16.2. The third-order valence-electron chi connectivity index (χ3n) is 3.82. The molecule has 110 valence electrons. The first-order valence-corrected chi connectivity index (χ1v) is 7.60. The average Bonchev–Trinajstić information content (AvgIpc) is 2.68. The fraction of sp³-hybridized carbons (Fsp3) is 0.812. The maximum atomic E-state index is 11.8. The third-order valence-corrected chi connectivity index (χ3v) is 3.82. The van der Waals surface area contributed by atoms with Crippen molar-refractivity contribution in [3.8, 4) is 0 Å². The van der Waals surface area contributed by atoms with Crippen LogP contribution in [-0.4, -0.2) is 33.6 Å². The lowest BCUT2D eigenvalue weighted by Gasteiger charge is -2.27. The van der Waals surface area contributed by atoms with Crippen LogP contribution in [0.4, 0.5) is 0 Å². The molecule has 0 aliphatic carbocycles. The highest BCUT2D eigenvalue weighted by Crippen LogP contribution is 2.24. The number of unbranched alkanes of at least 4 members (excludes halogenated alkanes) is 2. The van der Waals surface area contributed by atoms with Crippen molar-refractivity contribution in [1.82, 2.24) is 4.90 Å². The molecule has 1 saturated heterocycles. The van der Waals surface area contributed by atoms with E-state index in [0.717, 1.165) is 32.1 Å². The Morgan fingerprint density at radius 1 is 1.47 bits per heavy atom. The van der Waals surface area contributed by atoms with Gasteiger partial charge in [0, 0.05) is 12.5 Å². The van der Waals surface area contributed by atoms with Crippen molar-refractivity contribution >= 4 is 5.91 Å². The van der Waals surface area contributed by atoms with E-state index in [1.165, 1.54) is 0 Å². The second-order valence-electron chi connectivity index (χ2n) is 6.17. The lowest BCUT2D eigenvalue weighted by molar-refractivity contribution is -0.129. The molecular weight excluding hydrogens is 238 g/mol. The summed E-state index contributed by atoms with van der Waals surface area (Å²) >= 11 is 0. The smallest absolute Gasteiger partial charge is 0.223 e. The molecule has 0 bridgehead atoms. The van der Waals surface area contributed by atoms with Crippen LogP contribution >= 0.6 is 0 Å². The van der Waals surface area contributed by atoms with Gasteiger partial charge in [0.2, 0.25) is 5.91 Å². The molecule has 1 fully saturated rings. The van der Waals surface area contributed by atoms with Crippen molar-refractivity contribution in [2.45, 2.75) is 83.9 Å². The molecule has 1 N–H and O–H groups in total. The van der Waals surface area contributed by atoms with Crippen LogP contribution in [-0.2, 0) is 4.79 Å². The minimum absolute atomic E-state index is 0.158. The van der Waals surface area contributed by atoms with Crippen molar-refractivity contribution < 1.29 is 9.90 Å². The molecule has 1 rings (SSSR count). The number of hydrogen-bond donors (Lipinski definition) is 1. The molecule has 2 unspecified atom stereocenters. The van der Waals surface area contributed by atoms with Crippen LogP contribution in [0, 0.1) is 0 Å². The fourth-order valence-electron chi connectivity index (χ4n) is 2.72. The minimum Gasteiger partial charge on any atom is -0.386 e. The fourth-order valence-corrected chi connectivity index (χ4v) is 2.72. The molecular formula is C16H29NO2. The molecule has 2 atom stereocenters. The predicted octanol–water partition coefficient (Wildman–Crippen LogP) is 3.27. The van der Waals surface area contributed by atoms with Gasteiger partial charge in [0.25, 0.3) is 0 Å². The van der Waals surface area contributed by atoms with E-state index in [-0.39, 0.29) is 18.0 Å². The Balaban J connectivity index is 2.57. The van der Waals surface area contributed by atoms with Gasteiger partial charge in [-0.15, -0.1) is 0 Å². The van der Waals surface area contributed by atoms with Crippen LogP contribution in [0.1, 0.15) is 66.2 Å². The Hall–Kier alpha value is -0.830. The number of carbonyl (C=O) groups is 1. The highest BCUT2D eigenvalue weighted by Gasteiger charge is 2.31. The van der Waals surface area contributed by atoms with Crippen LogP contribution in [0.25, 0.3) is 0 Å². The molecule has 3 nitrogen and oxygen atoms in total. The van der Waals surface area contributed by atoms with Crippen LogP contribution in [0.2, 0.25) is 0 Å². The van der Waals surface area contributed by atoms with Gasteiger partial charge < -0.3 is 10.0 Å². The standard InChI is InChI=1S/C16H29NO2/c1-5-6-7-11-16(4,19)12-10-14-8-9-15(18)17(14)13(2)3/h10,12-14,19H,5-9,11H2,1-4H3. The molecule has 1 heterocycles. The molecule has 0 saturated carbocycles. The van der Waals surface area contributed by atoms with Crippen molar-refractivity contribution in [2.75, 3.05) is 0 Å². The van der Waals surface area contributed by atoms with Crippen LogP contribution in [0.5, 0.6) is 0 Å².